The van der Waals surface area contributed by atoms with Crippen molar-refractivity contribution in [1.82, 2.24) is 10.2 Å². The Morgan fingerprint density at radius 2 is 2.14 bits per heavy atom. The molecule has 1 amide bonds. The van der Waals surface area contributed by atoms with Gasteiger partial charge in [0, 0.05) is 41.6 Å². The van der Waals surface area contributed by atoms with Gasteiger partial charge in [-0.25, -0.2) is 0 Å². The molecule has 1 saturated carbocycles. The molecule has 1 aromatic carbocycles. The fraction of sp³-hybridized carbons (Fsp3) is 0.533. The largest absolute Gasteiger partial charge is 0.337 e. The zero-order valence-corrected chi connectivity index (χ0v) is 14.1. The highest BCUT2D eigenvalue weighted by Crippen LogP contribution is 2.51. The molecule has 0 aromatic heterocycles. The minimum atomic E-state index is 0. The van der Waals surface area contributed by atoms with Crippen LogP contribution in [0.5, 0.6) is 0 Å². The van der Waals surface area contributed by atoms with Crippen LogP contribution in [0.2, 0.25) is 10.0 Å². The average Bonchev–Trinajstić information content (AvgIpc) is 3.18. The minimum Gasteiger partial charge on any atom is -0.337 e. The lowest BCUT2D eigenvalue weighted by atomic mass is 10.1. The van der Waals surface area contributed by atoms with Crippen molar-refractivity contribution in [3.05, 3.63) is 33.8 Å². The number of nitrogens with one attached hydrogen (secondary N) is 1. The van der Waals surface area contributed by atoms with Gasteiger partial charge in [-0.3, -0.25) is 4.79 Å². The molecule has 2 aliphatic rings. The van der Waals surface area contributed by atoms with E-state index in [9.17, 15) is 4.79 Å². The summed E-state index contributed by atoms with van der Waals surface area (Å²) >= 11 is 12.1. The van der Waals surface area contributed by atoms with Crippen LogP contribution >= 0.6 is 35.6 Å². The van der Waals surface area contributed by atoms with Crippen molar-refractivity contribution in [1.29, 1.82) is 0 Å². The molecular formula is C15H19Cl3N2O. The van der Waals surface area contributed by atoms with Gasteiger partial charge in [0.1, 0.15) is 0 Å². The van der Waals surface area contributed by atoms with E-state index in [2.05, 4.69) is 12.2 Å². The van der Waals surface area contributed by atoms with Gasteiger partial charge in [-0.05, 0) is 37.0 Å². The van der Waals surface area contributed by atoms with Gasteiger partial charge in [-0.15, -0.1) is 12.4 Å². The van der Waals surface area contributed by atoms with Gasteiger partial charge in [0.2, 0.25) is 5.91 Å². The SMILES string of the molecule is C[C@H]1CNCCN1C(=O)C1CC1c1ccc(Cl)cc1Cl.Cl. The highest BCUT2D eigenvalue weighted by Gasteiger charge is 2.47. The maximum atomic E-state index is 12.6. The summed E-state index contributed by atoms with van der Waals surface area (Å²) in [6.07, 6.45) is 0.900. The second kappa shape index (κ2) is 6.74. The highest BCUT2D eigenvalue weighted by molar-refractivity contribution is 6.35. The highest BCUT2D eigenvalue weighted by atomic mass is 35.5. The van der Waals surface area contributed by atoms with E-state index in [4.69, 9.17) is 23.2 Å². The van der Waals surface area contributed by atoms with Crippen LogP contribution in [0.3, 0.4) is 0 Å². The van der Waals surface area contributed by atoms with E-state index < -0.39 is 0 Å². The molecule has 0 spiro atoms. The summed E-state index contributed by atoms with van der Waals surface area (Å²) in [4.78, 5) is 14.6. The number of carbonyl (C=O) groups excluding carboxylic acids is 1. The Balaban J connectivity index is 0.00000161. The average molecular weight is 350 g/mol. The standard InChI is InChI=1S/C15H18Cl2N2O.ClH/c1-9-8-18-4-5-19(9)15(20)13-7-12(13)11-3-2-10(16)6-14(11)17;/h2-3,6,9,12-13,18H,4-5,7-8H2,1H3;1H/t9-,12?,13?;/m0./s1. The minimum absolute atomic E-state index is 0. The van der Waals surface area contributed by atoms with Crippen LogP contribution in [0, 0.1) is 5.92 Å². The van der Waals surface area contributed by atoms with E-state index in [0.29, 0.717) is 10.0 Å². The molecule has 1 N–H and O–H groups in total. The topological polar surface area (TPSA) is 32.3 Å². The van der Waals surface area contributed by atoms with Crippen molar-refractivity contribution < 1.29 is 4.79 Å². The van der Waals surface area contributed by atoms with E-state index in [1.165, 1.54) is 0 Å². The summed E-state index contributed by atoms with van der Waals surface area (Å²) in [6.45, 7) is 4.66. The molecular weight excluding hydrogens is 331 g/mol. The Morgan fingerprint density at radius 1 is 1.38 bits per heavy atom. The monoisotopic (exact) mass is 348 g/mol. The Bertz CT molecular complexity index is 538. The Morgan fingerprint density at radius 3 is 2.81 bits per heavy atom. The first kappa shape index (κ1) is 16.9. The van der Waals surface area contributed by atoms with Crippen molar-refractivity contribution in [2.75, 3.05) is 19.6 Å². The van der Waals surface area contributed by atoms with Gasteiger partial charge in [-0.1, -0.05) is 29.3 Å². The van der Waals surface area contributed by atoms with Gasteiger partial charge in [0.15, 0.2) is 0 Å². The van der Waals surface area contributed by atoms with Gasteiger partial charge in [0.05, 0.1) is 0 Å². The lowest BCUT2D eigenvalue weighted by Gasteiger charge is -2.34. The number of hydrogen-bond donors (Lipinski definition) is 1. The van der Waals surface area contributed by atoms with Crippen LogP contribution in [0.15, 0.2) is 18.2 Å². The number of carbonyl (C=O) groups is 1. The number of amides is 1. The van der Waals surface area contributed by atoms with Gasteiger partial charge in [0.25, 0.3) is 0 Å². The summed E-state index contributed by atoms with van der Waals surface area (Å²) in [7, 11) is 0. The van der Waals surface area contributed by atoms with Gasteiger partial charge in [-0.2, -0.15) is 0 Å². The zero-order valence-electron chi connectivity index (χ0n) is 11.8. The van der Waals surface area contributed by atoms with Crippen LogP contribution in [0.4, 0.5) is 0 Å². The van der Waals surface area contributed by atoms with Crippen molar-refractivity contribution in [2.45, 2.75) is 25.3 Å². The molecule has 2 fully saturated rings. The molecule has 0 radical (unpaired) electrons. The first-order valence-electron chi connectivity index (χ1n) is 7.04. The van der Waals surface area contributed by atoms with E-state index in [-0.39, 0.29) is 36.2 Å². The van der Waals surface area contributed by atoms with Crippen LogP contribution in [0.1, 0.15) is 24.8 Å². The van der Waals surface area contributed by atoms with Gasteiger partial charge >= 0.3 is 0 Å². The number of hydrogen-bond acceptors (Lipinski definition) is 2. The number of rotatable bonds is 2. The molecule has 1 saturated heterocycles. The van der Waals surface area contributed by atoms with Crippen LogP contribution in [-0.2, 0) is 4.79 Å². The smallest absolute Gasteiger partial charge is 0.226 e. The van der Waals surface area contributed by atoms with Crippen molar-refractivity contribution >= 4 is 41.5 Å². The third-order valence-electron chi connectivity index (χ3n) is 4.25. The first-order chi connectivity index (χ1) is 9.58. The van der Waals surface area contributed by atoms with Crippen LogP contribution < -0.4 is 5.32 Å². The lowest BCUT2D eigenvalue weighted by molar-refractivity contribution is -0.135. The zero-order chi connectivity index (χ0) is 14.3. The van der Waals surface area contributed by atoms with E-state index in [1.54, 1.807) is 6.07 Å². The second-order valence-corrected chi connectivity index (χ2v) is 6.54. The number of benzene rings is 1. The predicted molar refractivity (Wildman–Crippen MR) is 88.6 cm³/mol. The number of piperazine rings is 1. The number of nitrogens with zero attached hydrogens (tertiary/aromatic N) is 1. The molecule has 1 aliphatic carbocycles. The van der Waals surface area contributed by atoms with E-state index in [0.717, 1.165) is 31.6 Å². The maximum Gasteiger partial charge on any atom is 0.226 e. The molecule has 3 rings (SSSR count). The lowest BCUT2D eigenvalue weighted by Crippen LogP contribution is -2.52. The molecule has 2 unspecified atom stereocenters. The molecule has 1 aromatic rings. The Hall–Kier alpha value is -0.480. The van der Waals surface area contributed by atoms with Gasteiger partial charge < -0.3 is 10.2 Å². The predicted octanol–water partition coefficient (Wildman–Crippen LogP) is 3.34. The molecule has 21 heavy (non-hydrogen) atoms. The van der Waals surface area contributed by atoms with Crippen LogP contribution in [-0.4, -0.2) is 36.5 Å². The Kier molecular flexibility index (Phi) is 5.42. The summed E-state index contributed by atoms with van der Waals surface area (Å²) in [5.41, 5.74) is 1.05. The normalized spacial score (nSPS) is 28.0. The molecule has 1 heterocycles. The number of halogens is 3. The summed E-state index contributed by atoms with van der Waals surface area (Å²) in [6, 6.07) is 5.82. The fourth-order valence-corrected chi connectivity index (χ4v) is 3.54. The maximum absolute atomic E-state index is 12.6. The fourth-order valence-electron chi connectivity index (χ4n) is 3.00. The summed E-state index contributed by atoms with van der Waals surface area (Å²) < 4.78 is 0. The summed E-state index contributed by atoms with van der Waals surface area (Å²) in [5, 5.41) is 4.62. The van der Waals surface area contributed by atoms with E-state index in [1.807, 2.05) is 17.0 Å². The second-order valence-electron chi connectivity index (χ2n) is 5.70. The van der Waals surface area contributed by atoms with Crippen molar-refractivity contribution in [3.63, 3.8) is 0 Å². The summed E-state index contributed by atoms with van der Waals surface area (Å²) in [5.74, 6) is 0.624. The first-order valence-corrected chi connectivity index (χ1v) is 7.79. The molecule has 116 valence electrons. The molecule has 3 nitrogen and oxygen atoms in total. The van der Waals surface area contributed by atoms with Crippen LogP contribution in [0.25, 0.3) is 0 Å². The third kappa shape index (κ3) is 3.48. The molecule has 6 heteroatoms. The van der Waals surface area contributed by atoms with E-state index >= 15 is 0 Å². The molecule has 1 aliphatic heterocycles. The molecule has 0 bridgehead atoms. The third-order valence-corrected chi connectivity index (χ3v) is 4.82. The van der Waals surface area contributed by atoms with Crippen molar-refractivity contribution in [3.8, 4) is 0 Å². The Labute approximate surface area is 141 Å². The quantitative estimate of drug-likeness (QED) is 0.888. The molecule has 3 atom stereocenters. The van der Waals surface area contributed by atoms with Crippen molar-refractivity contribution in [2.24, 2.45) is 5.92 Å².